The molecule has 1 aromatic carbocycles. The summed E-state index contributed by atoms with van der Waals surface area (Å²) in [4.78, 5) is 4.03. The smallest absolute Gasteiger partial charge is 0.223 e. The summed E-state index contributed by atoms with van der Waals surface area (Å²) in [5.74, 6) is 0.484. The number of hydrogen-bond donors (Lipinski definition) is 1. The van der Waals surface area contributed by atoms with Crippen LogP contribution in [0.4, 0.5) is 4.39 Å². The van der Waals surface area contributed by atoms with E-state index in [1.165, 1.54) is 6.07 Å². The monoisotopic (exact) mass is 370 g/mol. The van der Waals surface area contributed by atoms with E-state index in [1.54, 1.807) is 12.1 Å². The number of aromatic nitrogens is 1. The van der Waals surface area contributed by atoms with E-state index in [1.807, 2.05) is 6.07 Å². The molecular formula is C15H13BrClFN2O. The first-order valence-electron chi connectivity index (χ1n) is 6.62. The molecule has 1 N–H and O–H groups in total. The van der Waals surface area contributed by atoms with Crippen LogP contribution in [0.15, 0.2) is 34.9 Å². The van der Waals surface area contributed by atoms with Crippen molar-refractivity contribution in [2.75, 3.05) is 0 Å². The molecule has 21 heavy (non-hydrogen) atoms. The first-order chi connectivity index (χ1) is 10.1. The summed E-state index contributed by atoms with van der Waals surface area (Å²) in [6.07, 6.45) is 3.47. The Balaban J connectivity index is 1.82. The fourth-order valence-electron chi connectivity index (χ4n) is 1.89. The Hall–Kier alpha value is -1.17. The third-order valence-electron chi connectivity index (χ3n) is 3.15. The minimum atomic E-state index is -0.378. The fraction of sp³-hybridized carbons (Fsp3) is 0.267. The highest BCUT2D eigenvalue weighted by Gasteiger charge is 2.21. The van der Waals surface area contributed by atoms with Crippen LogP contribution in [0.25, 0.3) is 0 Å². The van der Waals surface area contributed by atoms with Crippen LogP contribution in [-0.2, 0) is 6.54 Å². The molecule has 1 fully saturated rings. The van der Waals surface area contributed by atoms with Crippen molar-refractivity contribution in [1.29, 1.82) is 0 Å². The zero-order valence-electron chi connectivity index (χ0n) is 11.1. The summed E-state index contributed by atoms with van der Waals surface area (Å²) >= 11 is 9.47. The molecule has 0 spiro atoms. The van der Waals surface area contributed by atoms with Gasteiger partial charge in [0.25, 0.3) is 0 Å². The summed E-state index contributed by atoms with van der Waals surface area (Å²) in [7, 11) is 0. The van der Waals surface area contributed by atoms with Gasteiger partial charge in [-0.15, -0.1) is 0 Å². The minimum Gasteiger partial charge on any atom is -0.437 e. The van der Waals surface area contributed by atoms with Crippen LogP contribution in [0.1, 0.15) is 18.4 Å². The van der Waals surface area contributed by atoms with Crippen LogP contribution in [0.3, 0.4) is 0 Å². The van der Waals surface area contributed by atoms with Gasteiger partial charge in [-0.05, 0) is 37.1 Å². The Labute approximate surface area is 135 Å². The van der Waals surface area contributed by atoms with Gasteiger partial charge in [0.1, 0.15) is 11.6 Å². The van der Waals surface area contributed by atoms with Gasteiger partial charge in [0.2, 0.25) is 5.88 Å². The van der Waals surface area contributed by atoms with Crippen molar-refractivity contribution in [3.63, 3.8) is 0 Å². The van der Waals surface area contributed by atoms with Crippen LogP contribution < -0.4 is 10.1 Å². The van der Waals surface area contributed by atoms with Gasteiger partial charge in [-0.25, -0.2) is 9.37 Å². The lowest BCUT2D eigenvalue weighted by Crippen LogP contribution is -2.16. The van der Waals surface area contributed by atoms with Gasteiger partial charge in [0, 0.05) is 22.6 Å². The number of benzene rings is 1. The lowest BCUT2D eigenvalue weighted by Gasteiger charge is -2.12. The van der Waals surface area contributed by atoms with Crippen molar-refractivity contribution in [1.82, 2.24) is 10.3 Å². The van der Waals surface area contributed by atoms with E-state index in [4.69, 9.17) is 16.3 Å². The Morgan fingerprint density at radius 1 is 1.38 bits per heavy atom. The standard InChI is InChI=1S/C15H13BrClFN2O/c16-10-1-4-14(13(17)6-10)21-15-9(5-11(18)8-20-15)7-19-12-2-3-12/h1,4-6,8,12,19H,2-3,7H2. The molecule has 0 unspecified atom stereocenters. The number of halogens is 3. The second-order valence-electron chi connectivity index (χ2n) is 4.95. The second-order valence-corrected chi connectivity index (χ2v) is 6.27. The van der Waals surface area contributed by atoms with Crippen LogP contribution >= 0.6 is 27.5 Å². The largest absolute Gasteiger partial charge is 0.437 e. The maximum absolute atomic E-state index is 13.4. The summed E-state index contributed by atoms with van der Waals surface area (Å²) in [5.41, 5.74) is 0.681. The number of pyridine rings is 1. The normalized spacial score (nSPS) is 14.2. The first kappa shape index (κ1) is 14.8. The molecular weight excluding hydrogens is 359 g/mol. The minimum absolute atomic E-state index is 0.369. The molecule has 1 aromatic heterocycles. The molecule has 0 saturated heterocycles. The van der Waals surface area contributed by atoms with Crippen LogP contribution in [-0.4, -0.2) is 11.0 Å². The molecule has 3 rings (SSSR count). The Morgan fingerprint density at radius 3 is 2.90 bits per heavy atom. The summed E-state index contributed by atoms with van der Waals surface area (Å²) in [6, 6.07) is 7.27. The van der Waals surface area contributed by atoms with E-state index in [0.29, 0.717) is 34.8 Å². The fourth-order valence-corrected chi connectivity index (χ4v) is 2.60. The van der Waals surface area contributed by atoms with Gasteiger partial charge in [0.05, 0.1) is 11.2 Å². The maximum atomic E-state index is 13.4. The van der Waals surface area contributed by atoms with Crippen molar-refractivity contribution in [3.8, 4) is 11.6 Å². The molecule has 2 aromatic rings. The Bertz CT molecular complexity index is 664. The van der Waals surface area contributed by atoms with Crippen molar-refractivity contribution in [2.45, 2.75) is 25.4 Å². The molecule has 6 heteroatoms. The van der Waals surface area contributed by atoms with Crippen molar-refractivity contribution < 1.29 is 9.13 Å². The number of nitrogens with one attached hydrogen (secondary N) is 1. The first-order valence-corrected chi connectivity index (χ1v) is 7.79. The molecule has 1 aliphatic rings. The molecule has 110 valence electrons. The summed E-state index contributed by atoms with van der Waals surface area (Å²) < 4.78 is 20.0. The second kappa shape index (κ2) is 6.30. The highest BCUT2D eigenvalue weighted by atomic mass is 79.9. The van der Waals surface area contributed by atoms with Crippen LogP contribution in [0.2, 0.25) is 5.02 Å². The van der Waals surface area contributed by atoms with E-state index in [9.17, 15) is 4.39 Å². The lowest BCUT2D eigenvalue weighted by atomic mass is 10.2. The lowest BCUT2D eigenvalue weighted by molar-refractivity contribution is 0.448. The van der Waals surface area contributed by atoms with Gasteiger partial charge in [-0.1, -0.05) is 27.5 Å². The zero-order chi connectivity index (χ0) is 14.8. The quantitative estimate of drug-likeness (QED) is 0.828. The maximum Gasteiger partial charge on any atom is 0.223 e. The van der Waals surface area contributed by atoms with E-state index < -0.39 is 0 Å². The van der Waals surface area contributed by atoms with Crippen LogP contribution in [0.5, 0.6) is 11.6 Å². The SMILES string of the molecule is Fc1cnc(Oc2ccc(Br)cc2Cl)c(CNC2CC2)c1. The molecule has 0 amide bonds. The van der Waals surface area contributed by atoms with Gasteiger partial charge in [-0.3, -0.25) is 0 Å². The number of ether oxygens (including phenoxy) is 1. The molecule has 0 atom stereocenters. The van der Waals surface area contributed by atoms with Crippen molar-refractivity contribution in [3.05, 3.63) is 51.3 Å². The highest BCUT2D eigenvalue weighted by molar-refractivity contribution is 9.10. The van der Waals surface area contributed by atoms with Gasteiger partial charge in [-0.2, -0.15) is 0 Å². The number of nitrogens with zero attached hydrogens (tertiary/aromatic N) is 1. The van der Waals surface area contributed by atoms with Gasteiger partial charge in [0.15, 0.2) is 0 Å². The third-order valence-corrected chi connectivity index (χ3v) is 3.94. The zero-order valence-corrected chi connectivity index (χ0v) is 13.4. The average Bonchev–Trinajstić information content (AvgIpc) is 3.26. The molecule has 3 nitrogen and oxygen atoms in total. The van der Waals surface area contributed by atoms with E-state index in [0.717, 1.165) is 23.5 Å². The van der Waals surface area contributed by atoms with Crippen molar-refractivity contribution in [2.24, 2.45) is 0 Å². The summed E-state index contributed by atoms with van der Waals surface area (Å²) in [5, 5.41) is 3.79. The van der Waals surface area contributed by atoms with Gasteiger partial charge < -0.3 is 10.1 Å². The average molecular weight is 372 g/mol. The number of hydrogen-bond acceptors (Lipinski definition) is 3. The number of rotatable bonds is 5. The Kier molecular flexibility index (Phi) is 4.42. The van der Waals surface area contributed by atoms with E-state index in [-0.39, 0.29) is 5.82 Å². The molecule has 1 heterocycles. The third kappa shape index (κ3) is 3.93. The molecule has 0 bridgehead atoms. The predicted octanol–water partition coefficient (Wildman–Crippen LogP) is 4.68. The van der Waals surface area contributed by atoms with Crippen LogP contribution in [0, 0.1) is 5.82 Å². The molecule has 0 aliphatic heterocycles. The van der Waals surface area contributed by atoms with Crippen molar-refractivity contribution >= 4 is 27.5 Å². The highest BCUT2D eigenvalue weighted by Crippen LogP contribution is 2.32. The molecule has 0 radical (unpaired) electrons. The van der Waals surface area contributed by atoms with Gasteiger partial charge >= 0.3 is 0 Å². The van der Waals surface area contributed by atoms with E-state index >= 15 is 0 Å². The molecule has 1 saturated carbocycles. The Morgan fingerprint density at radius 2 is 2.19 bits per heavy atom. The van der Waals surface area contributed by atoms with E-state index in [2.05, 4.69) is 26.2 Å². The topological polar surface area (TPSA) is 34.1 Å². The molecule has 1 aliphatic carbocycles. The predicted molar refractivity (Wildman–Crippen MR) is 83.3 cm³/mol. The summed E-state index contributed by atoms with van der Waals surface area (Å²) in [6.45, 7) is 0.527.